The molecule has 1 aromatic heterocycles. The molecule has 1 aromatic rings. The molecule has 1 amide bonds. The Morgan fingerprint density at radius 2 is 2.14 bits per heavy atom. The van der Waals surface area contributed by atoms with Crippen LogP contribution in [0.1, 0.15) is 18.2 Å². The summed E-state index contributed by atoms with van der Waals surface area (Å²) in [6.07, 6.45) is 1.75. The first kappa shape index (κ1) is 17.6. The summed E-state index contributed by atoms with van der Waals surface area (Å²) in [5.74, 6) is 0.120. The van der Waals surface area contributed by atoms with Gasteiger partial charge in [-0.15, -0.1) is 0 Å². The van der Waals surface area contributed by atoms with E-state index in [9.17, 15) is 4.79 Å². The molecule has 0 saturated heterocycles. The van der Waals surface area contributed by atoms with E-state index in [1.54, 1.807) is 6.20 Å². The first-order valence-corrected chi connectivity index (χ1v) is 7.34. The van der Waals surface area contributed by atoms with E-state index in [-0.39, 0.29) is 5.91 Å². The van der Waals surface area contributed by atoms with Crippen molar-refractivity contribution >= 4 is 5.91 Å². The van der Waals surface area contributed by atoms with Gasteiger partial charge in [0.1, 0.15) is 0 Å². The number of carbonyl (C=O) groups is 1. The lowest BCUT2D eigenvalue weighted by Gasteiger charge is -2.23. The highest BCUT2D eigenvalue weighted by molar-refractivity contribution is 5.78. The van der Waals surface area contributed by atoms with Crippen LogP contribution in [0.4, 0.5) is 0 Å². The largest absolute Gasteiger partial charge is 0.341 e. The summed E-state index contributed by atoms with van der Waals surface area (Å²) in [6.45, 7) is 5.77. The molecule has 0 unspecified atom stereocenters. The predicted octanol–water partition coefficient (Wildman–Crippen LogP) is 0.0400. The van der Waals surface area contributed by atoms with E-state index in [4.69, 9.17) is 5.73 Å². The van der Waals surface area contributed by atoms with Crippen LogP contribution in [0.25, 0.3) is 0 Å². The Morgan fingerprint density at radius 3 is 2.76 bits per heavy atom. The van der Waals surface area contributed by atoms with E-state index >= 15 is 0 Å². The maximum atomic E-state index is 12.1. The Bertz CT molecular complexity index is 436. The summed E-state index contributed by atoms with van der Waals surface area (Å²) in [5.41, 5.74) is 7.55. The number of hydrogen-bond donors (Lipinski definition) is 2. The number of nitrogens with two attached hydrogens (primary N) is 1. The maximum Gasteiger partial charge on any atom is 0.236 e. The topological polar surface area (TPSA) is 74.5 Å². The number of hydrogen-bond acceptors (Lipinski definition) is 5. The Balaban J connectivity index is 2.37. The van der Waals surface area contributed by atoms with E-state index in [2.05, 4.69) is 15.2 Å². The van der Waals surface area contributed by atoms with Crippen molar-refractivity contribution < 1.29 is 4.79 Å². The molecule has 1 rings (SSSR count). The van der Waals surface area contributed by atoms with Crippen LogP contribution in [0.2, 0.25) is 0 Å². The molecule has 0 fully saturated rings. The third kappa shape index (κ3) is 6.66. The second kappa shape index (κ2) is 9.44. The van der Waals surface area contributed by atoms with Crippen molar-refractivity contribution in [3.05, 3.63) is 29.6 Å². The molecule has 0 radical (unpaired) electrons. The standard InChI is InChI=1S/C15H27N5O/c1-4-20(8-7-19(2)3)15(21)12-17-11-14-9-13(10-16)5-6-18-14/h5-6,9,17H,4,7-8,10-12,16H2,1-3H3. The average Bonchev–Trinajstić information content (AvgIpc) is 2.48. The lowest BCUT2D eigenvalue weighted by atomic mass is 10.2. The molecule has 0 aliphatic carbocycles. The molecular weight excluding hydrogens is 266 g/mol. The van der Waals surface area contributed by atoms with Crippen molar-refractivity contribution in [1.82, 2.24) is 20.1 Å². The summed E-state index contributed by atoms with van der Waals surface area (Å²) in [5, 5.41) is 3.15. The zero-order valence-electron chi connectivity index (χ0n) is 13.3. The monoisotopic (exact) mass is 293 g/mol. The number of aromatic nitrogens is 1. The van der Waals surface area contributed by atoms with Crippen LogP contribution >= 0.6 is 0 Å². The minimum atomic E-state index is 0.120. The summed E-state index contributed by atoms with van der Waals surface area (Å²) in [4.78, 5) is 20.3. The quantitative estimate of drug-likeness (QED) is 0.672. The van der Waals surface area contributed by atoms with Gasteiger partial charge in [-0.2, -0.15) is 0 Å². The number of likely N-dealkylation sites (N-methyl/N-ethyl adjacent to an activating group) is 2. The lowest BCUT2D eigenvalue weighted by molar-refractivity contribution is -0.130. The van der Waals surface area contributed by atoms with E-state index in [0.29, 0.717) is 19.6 Å². The van der Waals surface area contributed by atoms with Crippen LogP contribution in [-0.4, -0.2) is 61.0 Å². The van der Waals surface area contributed by atoms with Crippen LogP contribution in [0, 0.1) is 0 Å². The van der Waals surface area contributed by atoms with Crippen molar-refractivity contribution in [1.29, 1.82) is 0 Å². The van der Waals surface area contributed by atoms with Gasteiger partial charge in [0.05, 0.1) is 12.2 Å². The fraction of sp³-hybridized carbons (Fsp3) is 0.600. The van der Waals surface area contributed by atoms with Gasteiger partial charge in [-0.05, 0) is 38.7 Å². The summed E-state index contributed by atoms with van der Waals surface area (Å²) in [7, 11) is 4.01. The van der Waals surface area contributed by atoms with Gasteiger partial charge in [0.25, 0.3) is 0 Å². The van der Waals surface area contributed by atoms with Gasteiger partial charge in [-0.25, -0.2) is 0 Å². The van der Waals surface area contributed by atoms with E-state index in [1.807, 2.05) is 38.1 Å². The fourth-order valence-electron chi connectivity index (χ4n) is 1.94. The van der Waals surface area contributed by atoms with Gasteiger partial charge in [0.15, 0.2) is 0 Å². The molecule has 0 aromatic carbocycles. The summed E-state index contributed by atoms with van der Waals surface area (Å²) < 4.78 is 0. The molecule has 118 valence electrons. The number of carbonyl (C=O) groups excluding carboxylic acids is 1. The number of pyridine rings is 1. The maximum absolute atomic E-state index is 12.1. The SMILES string of the molecule is CCN(CCN(C)C)C(=O)CNCc1cc(CN)ccn1. The predicted molar refractivity (Wildman–Crippen MR) is 84.6 cm³/mol. The molecule has 0 aliphatic rings. The Hall–Kier alpha value is -1.50. The Morgan fingerprint density at radius 1 is 1.38 bits per heavy atom. The van der Waals surface area contributed by atoms with E-state index in [0.717, 1.165) is 30.9 Å². The van der Waals surface area contributed by atoms with Crippen LogP contribution in [0.15, 0.2) is 18.3 Å². The number of amides is 1. The van der Waals surface area contributed by atoms with Crippen LogP contribution in [0.3, 0.4) is 0 Å². The molecule has 1 heterocycles. The molecule has 0 saturated carbocycles. The highest BCUT2D eigenvalue weighted by atomic mass is 16.2. The average molecular weight is 293 g/mol. The smallest absolute Gasteiger partial charge is 0.236 e. The molecule has 0 spiro atoms. The van der Waals surface area contributed by atoms with Crippen molar-refractivity contribution in [3.8, 4) is 0 Å². The van der Waals surface area contributed by atoms with Gasteiger partial charge in [-0.3, -0.25) is 9.78 Å². The second-order valence-electron chi connectivity index (χ2n) is 5.24. The Kier molecular flexibility index (Phi) is 7.89. The molecule has 0 atom stereocenters. The molecule has 21 heavy (non-hydrogen) atoms. The van der Waals surface area contributed by atoms with Crippen molar-refractivity contribution in [3.63, 3.8) is 0 Å². The zero-order chi connectivity index (χ0) is 15.7. The van der Waals surface area contributed by atoms with E-state index < -0.39 is 0 Å². The third-order valence-corrected chi connectivity index (χ3v) is 3.25. The number of nitrogens with zero attached hydrogens (tertiary/aromatic N) is 3. The third-order valence-electron chi connectivity index (χ3n) is 3.25. The van der Waals surface area contributed by atoms with Gasteiger partial charge >= 0.3 is 0 Å². The molecule has 6 heteroatoms. The number of nitrogens with one attached hydrogen (secondary N) is 1. The van der Waals surface area contributed by atoms with Gasteiger partial charge < -0.3 is 20.9 Å². The first-order chi connectivity index (χ1) is 10.1. The van der Waals surface area contributed by atoms with Gasteiger partial charge in [0, 0.05) is 38.9 Å². The molecule has 3 N–H and O–H groups in total. The first-order valence-electron chi connectivity index (χ1n) is 7.34. The van der Waals surface area contributed by atoms with Crippen LogP contribution in [0.5, 0.6) is 0 Å². The minimum absolute atomic E-state index is 0.120. The zero-order valence-corrected chi connectivity index (χ0v) is 13.3. The minimum Gasteiger partial charge on any atom is -0.341 e. The normalized spacial score (nSPS) is 10.9. The molecule has 0 aliphatic heterocycles. The Labute approximate surface area is 127 Å². The summed E-state index contributed by atoms with van der Waals surface area (Å²) in [6, 6.07) is 3.86. The van der Waals surface area contributed by atoms with Gasteiger partial charge in [-0.1, -0.05) is 0 Å². The number of rotatable bonds is 9. The lowest BCUT2D eigenvalue weighted by Crippen LogP contribution is -2.41. The van der Waals surface area contributed by atoms with Gasteiger partial charge in [0.2, 0.25) is 5.91 Å². The van der Waals surface area contributed by atoms with Crippen molar-refractivity contribution in [2.45, 2.75) is 20.0 Å². The van der Waals surface area contributed by atoms with E-state index in [1.165, 1.54) is 0 Å². The highest BCUT2D eigenvalue weighted by Gasteiger charge is 2.11. The van der Waals surface area contributed by atoms with Crippen LogP contribution in [-0.2, 0) is 17.9 Å². The molecule has 6 nitrogen and oxygen atoms in total. The second-order valence-corrected chi connectivity index (χ2v) is 5.24. The fourth-order valence-corrected chi connectivity index (χ4v) is 1.94. The molecular formula is C15H27N5O. The summed E-state index contributed by atoms with van der Waals surface area (Å²) >= 11 is 0. The van der Waals surface area contributed by atoms with Crippen LogP contribution < -0.4 is 11.1 Å². The molecule has 0 bridgehead atoms. The van der Waals surface area contributed by atoms with Crippen molar-refractivity contribution in [2.24, 2.45) is 5.73 Å². The highest BCUT2D eigenvalue weighted by Crippen LogP contribution is 2.00. The van der Waals surface area contributed by atoms with Crippen molar-refractivity contribution in [2.75, 3.05) is 40.3 Å².